The van der Waals surface area contributed by atoms with Gasteiger partial charge in [-0.3, -0.25) is 14.4 Å². The van der Waals surface area contributed by atoms with Crippen LogP contribution in [0.5, 0.6) is 0 Å². The van der Waals surface area contributed by atoms with Crippen LogP contribution in [0.4, 0.5) is 0 Å². The molecule has 12 heteroatoms. The maximum atomic E-state index is 13.7. The highest BCUT2D eigenvalue weighted by Crippen LogP contribution is 2.89. The predicted octanol–water partition coefficient (Wildman–Crippen LogP) is 4.66. The number of halogens is 2. The highest BCUT2D eigenvalue weighted by Gasteiger charge is 2.85. The normalized spacial score (nSPS) is 34.1. The number of carbonyl (C=O) groups is 3. The first kappa shape index (κ1) is 43.0. The van der Waals surface area contributed by atoms with Gasteiger partial charge in [-0.1, -0.05) is 74.7 Å². The van der Waals surface area contributed by atoms with Crippen molar-refractivity contribution in [2.45, 2.75) is 169 Å². The number of fused-ring (bicyclic) bond motifs is 2. The van der Waals surface area contributed by atoms with Crippen molar-refractivity contribution in [3.05, 3.63) is 0 Å². The molecule has 7 aliphatic rings. The molecule has 3 amide bonds. The molecule has 2 aliphatic heterocycles. The molecule has 2 heterocycles. The van der Waals surface area contributed by atoms with Gasteiger partial charge in [-0.05, 0) is 90.3 Å². The fraction of sp³-hybridized carbons (Fsp3) is 0.923. The summed E-state index contributed by atoms with van der Waals surface area (Å²) in [5.74, 6) is -0.912. The second-order valence-electron chi connectivity index (χ2n) is 19.4. The average Bonchev–Trinajstić information content (AvgIpc) is 3.80. The van der Waals surface area contributed by atoms with E-state index in [1.165, 1.54) is 32.1 Å². The number of rotatable bonds is 9. The van der Waals surface area contributed by atoms with E-state index < -0.39 is 35.6 Å². The predicted molar refractivity (Wildman–Crippen MR) is 213 cm³/mol. The molecule has 10 nitrogen and oxygen atoms in total. The standard InChI is InChI=1S/C27H46N4O4.C12H21NO.ClH.HI/c1-7-9-17(19(32)22(34)29-16-10-11-16)30-21(33)18-14-27(25(5,6)26(27)12-8-13-26)15-31(18)23(35)20(28)24(2,3)4;1-10(2)11(4-3-5-11)12(10)6-9(7-14)13-8-12;;/h16-20,32H,7-15,28H2,1-6H3,(H,29,34)(H,30,33);9,13-14H,3-8H2,1-2H3;2*1H/t17-,18-,19?,20+,27+;9-,12+;;/m00../s1. The minimum Gasteiger partial charge on any atom is -0.395 e. The number of nitrogens with one attached hydrogen (secondary N) is 3. The van der Waals surface area contributed by atoms with E-state index in [4.69, 9.17) is 5.73 Å². The van der Waals surface area contributed by atoms with Gasteiger partial charge in [-0.15, -0.1) is 36.4 Å². The van der Waals surface area contributed by atoms with Crippen LogP contribution in [0.2, 0.25) is 0 Å². The molecular formula is C39H69ClIN5O5. The SMILES string of the molecule is CC1(C)C2(CCC2)[C@]12CN[C@H](CO)C2.CCC[C@H](NC(=O)[C@@H]1C[C@@]2(CN1C(=O)[C@@H](N)C(C)(C)C)C(C)(C)C21CCC1)C(O)C(=O)NC1CC1.Cl.I. The van der Waals surface area contributed by atoms with Gasteiger partial charge >= 0.3 is 0 Å². The first-order valence-electron chi connectivity index (χ1n) is 19.5. The number of amides is 3. The largest absolute Gasteiger partial charge is 0.395 e. The van der Waals surface area contributed by atoms with E-state index in [9.17, 15) is 24.6 Å². The van der Waals surface area contributed by atoms with Crippen LogP contribution in [-0.4, -0.2) is 88.8 Å². The van der Waals surface area contributed by atoms with Gasteiger partial charge in [0.15, 0.2) is 6.10 Å². The van der Waals surface area contributed by atoms with E-state index in [0.29, 0.717) is 54.7 Å². The minimum absolute atomic E-state index is 0. The van der Waals surface area contributed by atoms with E-state index in [0.717, 1.165) is 32.2 Å². The lowest BCUT2D eigenvalue weighted by molar-refractivity contribution is -0.142. The van der Waals surface area contributed by atoms with Crippen LogP contribution in [0, 0.1) is 37.9 Å². The third-order valence-corrected chi connectivity index (χ3v) is 16.1. The summed E-state index contributed by atoms with van der Waals surface area (Å²) >= 11 is 0. The highest BCUT2D eigenvalue weighted by atomic mass is 127. The lowest BCUT2D eigenvalue weighted by Crippen LogP contribution is -2.58. The van der Waals surface area contributed by atoms with Crippen molar-refractivity contribution in [3.63, 3.8) is 0 Å². The molecule has 0 aromatic heterocycles. The molecule has 7 N–H and O–H groups in total. The topological polar surface area (TPSA) is 157 Å². The Bertz CT molecular complexity index is 1330. The van der Waals surface area contributed by atoms with Crippen molar-refractivity contribution in [1.29, 1.82) is 0 Å². The van der Waals surface area contributed by atoms with E-state index in [2.05, 4.69) is 43.6 Å². The summed E-state index contributed by atoms with van der Waals surface area (Å²) in [7, 11) is 0. The quantitative estimate of drug-likeness (QED) is 0.185. The second kappa shape index (κ2) is 14.4. The summed E-state index contributed by atoms with van der Waals surface area (Å²) in [4.78, 5) is 41.6. The van der Waals surface area contributed by atoms with Crippen LogP contribution in [0.15, 0.2) is 0 Å². The Morgan fingerprint density at radius 2 is 1.49 bits per heavy atom. The van der Waals surface area contributed by atoms with Crippen LogP contribution < -0.4 is 21.7 Å². The van der Waals surface area contributed by atoms with Crippen molar-refractivity contribution in [1.82, 2.24) is 20.9 Å². The Hall–Kier alpha value is -0.730. The van der Waals surface area contributed by atoms with Crippen LogP contribution in [0.25, 0.3) is 0 Å². The molecule has 7 rings (SSSR count). The van der Waals surface area contributed by atoms with Crippen LogP contribution in [0.3, 0.4) is 0 Å². The molecule has 0 aromatic carbocycles. The maximum absolute atomic E-state index is 13.7. The van der Waals surface area contributed by atoms with Crippen molar-refractivity contribution >= 4 is 54.1 Å². The molecule has 5 aliphatic carbocycles. The smallest absolute Gasteiger partial charge is 0.251 e. The Kier molecular flexibility index (Phi) is 12.1. The van der Waals surface area contributed by atoms with Crippen molar-refractivity contribution in [2.75, 3.05) is 19.7 Å². The number of nitrogens with two attached hydrogens (primary N) is 1. The fourth-order valence-electron chi connectivity index (χ4n) is 12.0. The number of hydrogen-bond donors (Lipinski definition) is 6. The number of carbonyl (C=O) groups excluding carboxylic acids is 3. The molecule has 5 saturated carbocycles. The van der Waals surface area contributed by atoms with E-state index in [1.54, 1.807) is 4.90 Å². The lowest BCUT2D eigenvalue weighted by atomic mass is 9.73. The van der Waals surface area contributed by atoms with Gasteiger partial charge in [0.2, 0.25) is 11.8 Å². The van der Waals surface area contributed by atoms with E-state index >= 15 is 0 Å². The Balaban J connectivity index is 0.000000303. The number of nitrogens with zero attached hydrogens (tertiary/aromatic N) is 1. The molecule has 7 fully saturated rings. The zero-order chi connectivity index (χ0) is 36.0. The summed E-state index contributed by atoms with van der Waals surface area (Å²) in [6, 6.07) is -1.55. The van der Waals surface area contributed by atoms with Crippen LogP contribution in [0.1, 0.15) is 132 Å². The Morgan fingerprint density at radius 3 is 1.90 bits per heavy atom. The molecule has 51 heavy (non-hydrogen) atoms. The van der Waals surface area contributed by atoms with Crippen molar-refractivity contribution in [3.8, 4) is 0 Å². The van der Waals surface area contributed by atoms with Gasteiger partial charge in [0.25, 0.3) is 5.91 Å². The fourth-order valence-corrected chi connectivity index (χ4v) is 12.0. The van der Waals surface area contributed by atoms with Gasteiger partial charge < -0.3 is 36.8 Å². The molecule has 7 atom stereocenters. The summed E-state index contributed by atoms with van der Waals surface area (Å²) in [5.41, 5.74) is 7.84. The van der Waals surface area contributed by atoms with Gasteiger partial charge in [0.05, 0.1) is 18.7 Å². The number of aliphatic hydroxyl groups is 2. The van der Waals surface area contributed by atoms with Crippen LogP contribution >= 0.6 is 36.4 Å². The zero-order valence-electron chi connectivity index (χ0n) is 32.5. The highest BCUT2D eigenvalue weighted by molar-refractivity contribution is 14.0. The average molecular weight is 850 g/mol. The number of aliphatic hydroxyl groups excluding tert-OH is 2. The maximum Gasteiger partial charge on any atom is 0.251 e. The second-order valence-corrected chi connectivity index (χ2v) is 19.4. The molecule has 0 radical (unpaired) electrons. The molecular weight excluding hydrogens is 781 g/mol. The first-order chi connectivity index (χ1) is 22.8. The monoisotopic (exact) mass is 849 g/mol. The molecule has 1 unspecified atom stereocenters. The number of likely N-dealkylation sites (tertiary alicyclic amines) is 1. The van der Waals surface area contributed by atoms with Crippen molar-refractivity contribution in [2.24, 2.45) is 43.6 Å². The lowest BCUT2D eigenvalue weighted by Gasteiger charge is -2.34. The van der Waals surface area contributed by atoms with Gasteiger partial charge in [0, 0.05) is 30.6 Å². The third-order valence-electron chi connectivity index (χ3n) is 16.1. The summed E-state index contributed by atoms with van der Waals surface area (Å²) in [5, 5.41) is 29.2. The van der Waals surface area contributed by atoms with E-state index in [-0.39, 0.29) is 70.5 Å². The van der Waals surface area contributed by atoms with E-state index in [1.807, 2.05) is 27.7 Å². The van der Waals surface area contributed by atoms with Crippen LogP contribution in [-0.2, 0) is 14.4 Å². The molecule has 0 bridgehead atoms. The van der Waals surface area contributed by atoms with Gasteiger partial charge in [-0.25, -0.2) is 0 Å². The Morgan fingerprint density at radius 1 is 0.941 bits per heavy atom. The summed E-state index contributed by atoms with van der Waals surface area (Å²) < 4.78 is 0. The molecule has 2 saturated heterocycles. The van der Waals surface area contributed by atoms with Crippen molar-refractivity contribution < 1.29 is 24.6 Å². The summed E-state index contributed by atoms with van der Waals surface area (Å²) in [6.07, 6.45) is 11.3. The number of hydrogen-bond acceptors (Lipinski definition) is 7. The molecule has 294 valence electrons. The third kappa shape index (κ3) is 6.29. The van der Waals surface area contributed by atoms with Gasteiger partial charge in [-0.2, -0.15) is 0 Å². The molecule has 0 aromatic rings. The van der Waals surface area contributed by atoms with Gasteiger partial charge in [0.1, 0.15) is 6.04 Å². The Labute approximate surface area is 330 Å². The minimum atomic E-state index is -1.31. The summed E-state index contributed by atoms with van der Waals surface area (Å²) in [6.45, 7) is 19.2. The zero-order valence-corrected chi connectivity index (χ0v) is 35.7. The molecule has 4 spiro atoms. The first-order valence-corrected chi connectivity index (χ1v) is 19.5.